The average molecular weight is 258 g/mol. The molecule has 96 valence electrons. The molecule has 1 N–H and O–H groups in total. The predicted octanol–water partition coefficient (Wildman–Crippen LogP) is 1.37. The Labute approximate surface area is 102 Å². The summed E-state index contributed by atoms with van der Waals surface area (Å²) in [5.41, 5.74) is -0.155. The van der Waals surface area contributed by atoms with Gasteiger partial charge in [-0.25, -0.2) is 8.42 Å². The molecule has 0 aromatic heterocycles. The fourth-order valence-electron chi connectivity index (χ4n) is 1.74. The molecule has 0 aliphatic rings. The number of hydrogen-bond donors (Lipinski definition) is 1. The molecule has 0 unspecified atom stereocenters. The number of aliphatic hydroxyl groups is 1. The van der Waals surface area contributed by atoms with Gasteiger partial charge in [-0.2, -0.15) is 0 Å². The van der Waals surface area contributed by atoms with Gasteiger partial charge in [-0.1, -0.05) is 19.9 Å². The standard InChI is InChI=1S/C12H18O4S/c1-12(2,8-13)11-9(16-3)6-5-7-10(11)17(4,14)15/h5-7,13H,8H2,1-4H3. The summed E-state index contributed by atoms with van der Waals surface area (Å²) in [6, 6.07) is 4.86. The summed E-state index contributed by atoms with van der Waals surface area (Å²) in [5.74, 6) is 0.479. The normalized spacial score (nSPS) is 12.5. The van der Waals surface area contributed by atoms with E-state index in [1.165, 1.54) is 13.2 Å². The third-order valence-electron chi connectivity index (χ3n) is 2.68. The van der Waals surface area contributed by atoms with Crippen molar-refractivity contribution in [2.24, 2.45) is 0 Å². The lowest BCUT2D eigenvalue weighted by molar-refractivity contribution is 0.212. The molecule has 5 heteroatoms. The Bertz CT molecular complexity index is 503. The van der Waals surface area contributed by atoms with E-state index in [2.05, 4.69) is 0 Å². The summed E-state index contributed by atoms with van der Waals surface area (Å²) in [6.45, 7) is 3.40. The Kier molecular flexibility index (Phi) is 3.84. The van der Waals surface area contributed by atoms with Crippen molar-refractivity contribution in [3.63, 3.8) is 0 Å². The van der Waals surface area contributed by atoms with Crippen LogP contribution in [0, 0.1) is 0 Å². The summed E-state index contributed by atoms with van der Waals surface area (Å²) >= 11 is 0. The maximum absolute atomic E-state index is 11.7. The first kappa shape index (κ1) is 14.0. The van der Waals surface area contributed by atoms with Crippen LogP contribution in [0.3, 0.4) is 0 Å². The fraction of sp³-hybridized carbons (Fsp3) is 0.500. The molecule has 0 amide bonds. The number of ether oxygens (including phenoxy) is 1. The smallest absolute Gasteiger partial charge is 0.175 e. The van der Waals surface area contributed by atoms with Gasteiger partial charge in [0.1, 0.15) is 5.75 Å². The lowest BCUT2D eigenvalue weighted by Crippen LogP contribution is -2.25. The second kappa shape index (κ2) is 4.66. The Morgan fingerprint density at radius 2 is 1.94 bits per heavy atom. The zero-order valence-electron chi connectivity index (χ0n) is 10.5. The quantitative estimate of drug-likeness (QED) is 0.886. The van der Waals surface area contributed by atoms with E-state index in [0.29, 0.717) is 11.3 Å². The van der Waals surface area contributed by atoms with Crippen LogP contribution in [0.2, 0.25) is 0 Å². The van der Waals surface area contributed by atoms with Gasteiger partial charge in [0, 0.05) is 17.2 Å². The monoisotopic (exact) mass is 258 g/mol. The van der Waals surface area contributed by atoms with E-state index in [-0.39, 0.29) is 11.5 Å². The van der Waals surface area contributed by atoms with Crippen LogP contribution in [-0.4, -0.2) is 33.5 Å². The number of aliphatic hydroxyl groups excluding tert-OH is 1. The summed E-state index contributed by atoms with van der Waals surface area (Å²) in [6.07, 6.45) is 1.15. The van der Waals surface area contributed by atoms with Crippen molar-refractivity contribution in [2.75, 3.05) is 20.0 Å². The molecule has 1 rings (SSSR count). The van der Waals surface area contributed by atoms with Crippen molar-refractivity contribution in [1.29, 1.82) is 0 Å². The molecule has 0 aliphatic heterocycles. The van der Waals surface area contributed by atoms with Crippen molar-refractivity contribution >= 4 is 9.84 Å². The molecule has 0 radical (unpaired) electrons. The molecule has 17 heavy (non-hydrogen) atoms. The largest absolute Gasteiger partial charge is 0.496 e. The number of hydrogen-bond acceptors (Lipinski definition) is 4. The van der Waals surface area contributed by atoms with E-state index in [4.69, 9.17) is 4.74 Å². The van der Waals surface area contributed by atoms with Crippen LogP contribution in [0.15, 0.2) is 23.1 Å². The van der Waals surface area contributed by atoms with Gasteiger partial charge in [-0.3, -0.25) is 0 Å². The van der Waals surface area contributed by atoms with Crippen molar-refractivity contribution in [2.45, 2.75) is 24.2 Å². The minimum atomic E-state index is -3.35. The van der Waals surface area contributed by atoms with Crippen LogP contribution in [-0.2, 0) is 15.3 Å². The van der Waals surface area contributed by atoms with Crippen LogP contribution in [0.1, 0.15) is 19.4 Å². The van der Waals surface area contributed by atoms with Crippen molar-refractivity contribution in [3.8, 4) is 5.75 Å². The molecule has 0 atom stereocenters. The molecule has 0 saturated carbocycles. The number of rotatable bonds is 4. The highest BCUT2D eigenvalue weighted by molar-refractivity contribution is 7.90. The Morgan fingerprint density at radius 3 is 2.35 bits per heavy atom. The summed E-state index contributed by atoms with van der Waals surface area (Å²) in [4.78, 5) is 0.205. The van der Waals surface area contributed by atoms with E-state index >= 15 is 0 Å². The van der Waals surface area contributed by atoms with Crippen LogP contribution in [0.25, 0.3) is 0 Å². The zero-order chi connectivity index (χ0) is 13.3. The highest BCUT2D eigenvalue weighted by Crippen LogP contribution is 2.36. The van der Waals surface area contributed by atoms with E-state index < -0.39 is 15.3 Å². The number of sulfone groups is 1. The maximum Gasteiger partial charge on any atom is 0.175 e. The van der Waals surface area contributed by atoms with Crippen LogP contribution in [0.5, 0.6) is 5.75 Å². The highest BCUT2D eigenvalue weighted by atomic mass is 32.2. The maximum atomic E-state index is 11.7. The minimum Gasteiger partial charge on any atom is -0.496 e. The van der Waals surface area contributed by atoms with Crippen molar-refractivity contribution in [1.82, 2.24) is 0 Å². The third kappa shape index (κ3) is 2.79. The number of methoxy groups -OCH3 is 1. The molecule has 1 aromatic rings. The van der Waals surface area contributed by atoms with Crippen LogP contribution < -0.4 is 4.74 Å². The van der Waals surface area contributed by atoms with Gasteiger partial charge in [-0.05, 0) is 12.1 Å². The van der Waals surface area contributed by atoms with Crippen molar-refractivity contribution in [3.05, 3.63) is 23.8 Å². The Hall–Kier alpha value is -1.07. The Morgan fingerprint density at radius 1 is 1.35 bits per heavy atom. The van der Waals surface area contributed by atoms with Gasteiger partial charge < -0.3 is 9.84 Å². The summed E-state index contributed by atoms with van der Waals surface area (Å²) in [5, 5.41) is 9.41. The molecule has 0 bridgehead atoms. The molecular weight excluding hydrogens is 240 g/mol. The summed E-state index contributed by atoms with van der Waals surface area (Å²) < 4.78 is 28.7. The lowest BCUT2D eigenvalue weighted by Gasteiger charge is -2.26. The Balaban J connectivity index is 3.64. The molecule has 0 heterocycles. The van der Waals surface area contributed by atoms with Gasteiger partial charge in [-0.15, -0.1) is 0 Å². The second-order valence-electron chi connectivity index (χ2n) is 4.65. The first-order chi connectivity index (χ1) is 7.74. The van der Waals surface area contributed by atoms with Crippen LogP contribution in [0.4, 0.5) is 0 Å². The minimum absolute atomic E-state index is 0.157. The molecular formula is C12H18O4S. The van der Waals surface area contributed by atoms with E-state index in [1.54, 1.807) is 26.0 Å². The third-order valence-corrected chi connectivity index (χ3v) is 3.82. The van der Waals surface area contributed by atoms with Gasteiger partial charge in [0.15, 0.2) is 9.84 Å². The van der Waals surface area contributed by atoms with E-state index in [1.807, 2.05) is 0 Å². The molecule has 1 aromatic carbocycles. The van der Waals surface area contributed by atoms with E-state index in [9.17, 15) is 13.5 Å². The molecule has 0 aliphatic carbocycles. The highest BCUT2D eigenvalue weighted by Gasteiger charge is 2.30. The average Bonchev–Trinajstić information content (AvgIpc) is 2.26. The fourth-order valence-corrected chi connectivity index (χ4v) is 2.81. The van der Waals surface area contributed by atoms with Gasteiger partial charge in [0.25, 0.3) is 0 Å². The van der Waals surface area contributed by atoms with Gasteiger partial charge >= 0.3 is 0 Å². The number of benzene rings is 1. The van der Waals surface area contributed by atoms with E-state index in [0.717, 1.165) is 6.26 Å². The topological polar surface area (TPSA) is 63.6 Å². The second-order valence-corrected chi connectivity index (χ2v) is 6.63. The predicted molar refractivity (Wildman–Crippen MR) is 66.2 cm³/mol. The van der Waals surface area contributed by atoms with Crippen LogP contribution >= 0.6 is 0 Å². The van der Waals surface area contributed by atoms with Crippen molar-refractivity contribution < 1.29 is 18.3 Å². The lowest BCUT2D eigenvalue weighted by atomic mass is 9.85. The molecule has 0 spiro atoms. The first-order valence-electron chi connectivity index (χ1n) is 5.22. The SMILES string of the molecule is COc1cccc(S(C)(=O)=O)c1C(C)(C)CO. The first-order valence-corrected chi connectivity index (χ1v) is 7.11. The molecule has 0 fully saturated rings. The summed E-state index contributed by atoms with van der Waals surface area (Å²) in [7, 11) is -1.87. The van der Waals surface area contributed by atoms with Gasteiger partial charge in [0.2, 0.25) is 0 Å². The zero-order valence-corrected chi connectivity index (χ0v) is 11.3. The van der Waals surface area contributed by atoms with Gasteiger partial charge in [0.05, 0.1) is 18.6 Å². The molecule has 0 saturated heterocycles. The molecule has 4 nitrogen and oxygen atoms in total.